The fraction of sp³-hybridized carbons (Fsp3) is 0.316. The van der Waals surface area contributed by atoms with Crippen molar-refractivity contribution in [2.24, 2.45) is 0 Å². The number of rotatable bonds is 3. The summed E-state index contributed by atoms with van der Waals surface area (Å²) in [6, 6.07) is 9.95. The highest BCUT2D eigenvalue weighted by Crippen LogP contribution is 2.27. The second-order valence-corrected chi connectivity index (χ2v) is 7.45. The van der Waals surface area contributed by atoms with Crippen molar-refractivity contribution < 1.29 is 4.79 Å². The molecule has 1 amide bonds. The SMILES string of the molecule is Cc1nc(N2CCCC2)nc(C)c1NC(=O)c1cc2ccccc2s1. The molecule has 0 spiro atoms. The van der Waals surface area contributed by atoms with Crippen molar-refractivity contribution in [2.75, 3.05) is 23.3 Å². The predicted molar refractivity (Wildman–Crippen MR) is 103 cm³/mol. The van der Waals surface area contributed by atoms with Gasteiger partial charge in [-0.25, -0.2) is 9.97 Å². The first-order valence-electron chi connectivity index (χ1n) is 8.52. The molecule has 25 heavy (non-hydrogen) atoms. The van der Waals surface area contributed by atoms with Gasteiger partial charge in [0, 0.05) is 17.8 Å². The Hall–Kier alpha value is -2.47. The Bertz CT molecular complexity index is 887. The van der Waals surface area contributed by atoms with E-state index in [-0.39, 0.29) is 5.91 Å². The number of nitrogens with one attached hydrogen (secondary N) is 1. The van der Waals surface area contributed by atoms with Crippen LogP contribution in [0.5, 0.6) is 0 Å². The van der Waals surface area contributed by atoms with Gasteiger partial charge in [0.2, 0.25) is 5.95 Å². The Kier molecular flexibility index (Phi) is 4.13. The summed E-state index contributed by atoms with van der Waals surface area (Å²) in [5.41, 5.74) is 2.33. The molecule has 128 valence electrons. The molecule has 2 aromatic heterocycles. The average molecular weight is 352 g/mol. The summed E-state index contributed by atoms with van der Waals surface area (Å²) in [5, 5.41) is 4.09. The first-order chi connectivity index (χ1) is 12.1. The van der Waals surface area contributed by atoms with E-state index in [4.69, 9.17) is 0 Å². The zero-order chi connectivity index (χ0) is 17.4. The summed E-state index contributed by atoms with van der Waals surface area (Å²) in [6.07, 6.45) is 2.37. The number of hydrogen-bond donors (Lipinski definition) is 1. The smallest absolute Gasteiger partial charge is 0.265 e. The number of fused-ring (bicyclic) bond motifs is 1. The molecule has 3 heterocycles. The van der Waals surface area contributed by atoms with E-state index in [0.29, 0.717) is 10.6 Å². The molecular weight excluding hydrogens is 332 g/mol. The molecule has 0 radical (unpaired) electrons. The summed E-state index contributed by atoms with van der Waals surface area (Å²) in [7, 11) is 0. The van der Waals surface area contributed by atoms with Gasteiger partial charge in [0.15, 0.2) is 0 Å². The Morgan fingerprint density at radius 3 is 2.48 bits per heavy atom. The summed E-state index contributed by atoms with van der Waals surface area (Å²) in [6.45, 7) is 5.86. The molecule has 0 saturated carbocycles. The molecule has 1 aliphatic heterocycles. The number of hydrogen-bond acceptors (Lipinski definition) is 5. The Morgan fingerprint density at radius 1 is 1.12 bits per heavy atom. The van der Waals surface area contributed by atoms with Crippen molar-refractivity contribution in [3.05, 3.63) is 46.6 Å². The van der Waals surface area contributed by atoms with Gasteiger partial charge in [0.1, 0.15) is 0 Å². The van der Waals surface area contributed by atoms with Crippen molar-refractivity contribution >= 4 is 39.0 Å². The van der Waals surface area contributed by atoms with E-state index < -0.39 is 0 Å². The van der Waals surface area contributed by atoms with Gasteiger partial charge in [0.25, 0.3) is 5.91 Å². The maximum Gasteiger partial charge on any atom is 0.265 e. The molecule has 0 atom stereocenters. The maximum atomic E-state index is 12.7. The number of nitrogens with zero attached hydrogens (tertiary/aromatic N) is 3. The lowest BCUT2D eigenvalue weighted by Gasteiger charge is -2.18. The number of thiophene rings is 1. The molecule has 1 fully saturated rings. The normalized spacial score (nSPS) is 14.2. The van der Waals surface area contributed by atoms with E-state index in [1.807, 2.05) is 44.2 Å². The lowest BCUT2D eigenvalue weighted by molar-refractivity contribution is 0.103. The van der Waals surface area contributed by atoms with Crippen LogP contribution in [-0.4, -0.2) is 29.0 Å². The van der Waals surface area contributed by atoms with Crippen molar-refractivity contribution in [3.63, 3.8) is 0 Å². The number of aryl methyl sites for hydroxylation is 2. The second kappa shape index (κ2) is 6.44. The van der Waals surface area contributed by atoms with Gasteiger partial charge in [-0.05, 0) is 44.2 Å². The molecule has 0 aliphatic carbocycles. The Labute approximate surface area is 150 Å². The van der Waals surface area contributed by atoms with Gasteiger partial charge >= 0.3 is 0 Å². The Morgan fingerprint density at radius 2 is 1.80 bits per heavy atom. The predicted octanol–water partition coefficient (Wildman–Crippen LogP) is 4.16. The van der Waals surface area contributed by atoms with Crippen molar-refractivity contribution in [1.29, 1.82) is 0 Å². The van der Waals surface area contributed by atoms with Gasteiger partial charge in [-0.1, -0.05) is 18.2 Å². The van der Waals surface area contributed by atoms with Crippen LogP contribution >= 0.6 is 11.3 Å². The quantitative estimate of drug-likeness (QED) is 0.769. The average Bonchev–Trinajstić information content (AvgIpc) is 3.26. The van der Waals surface area contributed by atoms with Gasteiger partial charge in [0.05, 0.1) is 22.0 Å². The first kappa shape index (κ1) is 16.0. The lowest BCUT2D eigenvalue weighted by Crippen LogP contribution is -2.22. The molecule has 1 saturated heterocycles. The van der Waals surface area contributed by atoms with E-state index in [2.05, 4.69) is 20.2 Å². The number of aromatic nitrogens is 2. The minimum Gasteiger partial charge on any atom is -0.341 e. The number of benzene rings is 1. The van der Waals surface area contributed by atoms with Crippen LogP contribution in [0, 0.1) is 13.8 Å². The summed E-state index contributed by atoms with van der Waals surface area (Å²) in [5.74, 6) is 0.664. The maximum absolute atomic E-state index is 12.7. The van der Waals surface area contributed by atoms with Crippen molar-refractivity contribution in [1.82, 2.24) is 9.97 Å². The van der Waals surface area contributed by atoms with E-state index in [1.165, 1.54) is 24.2 Å². The highest BCUT2D eigenvalue weighted by molar-refractivity contribution is 7.20. The third kappa shape index (κ3) is 3.09. The largest absolute Gasteiger partial charge is 0.341 e. The molecule has 1 aliphatic rings. The minimum absolute atomic E-state index is 0.107. The molecule has 0 unspecified atom stereocenters. The summed E-state index contributed by atoms with van der Waals surface area (Å²) < 4.78 is 1.11. The highest BCUT2D eigenvalue weighted by Gasteiger charge is 2.19. The molecule has 6 heteroatoms. The third-order valence-electron chi connectivity index (χ3n) is 4.54. The fourth-order valence-electron chi connectivity index (χ4n) is 3.21. The van der Waals surface area contributed by atoms with Gasteiger partial charge in [-0.15, -0.1) is 11.3 Å². The van der Waals surface area contributed by atoms with Gasteiger partial charge < -0.3 is 10.2 Å². The molecule has 1 N–H and O–H groups in total. The minimum atomic E-state index is -0.107. The van der Waals surface area contributed by atoms with Crippen LogP contribution in [-0.2, 0) is 0 Å². The van der Waals surface area contributed by atoms with Crippen LogP contribution in [0.3, 0.4) is 0 Å². The van der Waals surface area contributed by atoms with Crippen LogP contribution in [0.1, 0.15) is 33.9 Å². The van der Waals surface area contributed by atoms with E-state index >= 15 is 0 Å². The van der Waals surface area contributed by atoms with E-state index in [9.17, 15) is 4.79 Å². The number of amides is 1. The number of carbonyl (C=O) groups is 1. The zero-order valence-corrected chi connectivity index (χ0v) is 15.2. The van der Waals surface area contributed by atoms with Gasteiger partial charge in [-0.3, -0.25) is 4.79 Å². The molecule has 1 aromatic carbocycles. The lowest BCUT2D eigenvalue weighted by atomic mass is 10.2. The standard InChI is InChI=1S/C19H20N4OS/c1-12-17(13(2)21-19(20-12)23-9-5-6-10-23)22-18(24)16-11-14-7-3-4-8-15(14)25-16/h3-4,7-8,11H,5-6,9-10H2,1-2H3,(H,22,24). The van der Waals surface area contributed by atoms with E-state index in [1.54, 1.807) is 0 Å². The summed E-state index contributed by atoms with van der Waals surface area (Å²) >= 11 is 1.50. The summed E-state index contributed by atoms with van der Waals surface area (Å²) in [4.78, 5) is 24.8. The van der Waals surface area contributed by atoms with Crippen LogP contribution < -0.4 is 10.2 Å². The molecule has 0 bridgehead atoms. The molecular formula is C19H20N4OS. The number of carbonyl (C=O) groups excluding carboxylic acids is 1. The van der Waals surface area contributed by atoms with Crippen molar-refractivity contribution in [3.8, 4) is 0 Å². The fourth-order valence-corrected chi connectivity index (χ4v) is 4.16. The first-order valence-corrected chi connectivity index (χ1v) is 9.33. The molecule has 4 rings (SSSR count). The second-order valence-electron chi connectivity index (χ2n) is 6.37. The van der Waals surface area contributed by atoms with Crippen LogP contribution in [0.15, 0.2) is 30.3 Å². The molecule has 5 nitrogen and oxygen atoms in total. The van der Waals surface area contributed by atoms with E-state index in [0.717, 1.165) is 40.5 Å². The monoisotopic (exact) mass is 352 g/mol. The van der Waals surface area contributed by atoms with Gasteiger partial charge in [-0.2, -0.15) is 0 Å². The topological polar surface area (TPSA) is 58.1 Å². The zero-order valence-electron chi connectivity index (χ0n) is 14.4. The third-order valence-corrected chi connectivity index (χ3v) is 5.65. The highest BCUT2D eigenvalue weighted by atomic mass is 32.1. The van der Waals surface area contributed by atoms with Crippen LogP contribution in [0.4, 0.5) is 11.6 Å². The van der Waals surface area contributed by atoms with Crippen molar-refractivity contribution in [2.45, 2.75) is 26.7 Å². The van der Waals surface area contributed by atoms with Crippen LogP contribution in [0.25, 0.3) is 10.1 Å². The number of anilines is 2. The van der Waals surface area contributed by atoms with Crippen LogP contribution in [0.2, 0.25) is 0 Å². The molecule has 3 aromatic rings. The Balaban J connectivity index is 1.60.